The first-order chi connectivity index (χ1) is 20.9. The van der Waals surface area contributed by atoms with Crippen molar-refractivity contribution in [1.29, 1.82) is 0 Å². The molecule has 0 aliphatic carbocycles. The van der Waals surface area contributed by atoms with Gasteiger partial charge in [0.05, 0.1) is 24.4 Å². The number of aliphatic hydroxyl groups is 1. The van der Waals surface area contributed by atoms with Gasteiger partial charge in [-0.25, -0.2) is 9.78 Å². The van der Waals surface area contributed by atoms with Crippen LogP contribution in [0.1, 0.15) is 38.1 Å². The van der Waals surface area contributed by atoms with E-state index < -0.39 is 23.7 Å². The number of Topliss-reactive ketones (excluding diaryl/α,β-unsaturated/α-hetero) is 1. The molecular weight excluding hydrogens is 572 g/mol. The zero-order valence-corrected chi connectivity index (χ0v) is 24.1. The quantitative estimate of drug-likeness (QED) is 0.132. The van der Waals surface area contributed by atoms with E-state index in [0.29, 0.717) is 48.3 Å². The largest absolute Gasteiger partial charge is 0.507 e. The zero-order valence-electron chi connectivity index (χ0n) is 23.2. The first kappa shape index (κ1) is 28.0. The number of anilines is 1. The molecule has 0 spiro atoms. The van der Waals surface area contributed by atoms with Gasteiger partial charge in [0.15, 0.2) is 16.6 Å². The summed E-state index contributed by atoms with van der Waals surface area (Å²) in [5.74, 6) is -1.26. The van der Waals surface area contributed by atoms with Gasteiger partial charge in [0, 0.05) is 5.56 Å². The van der Waals surface area contributed by atoms with Crippen molar-refractivity contribution in [2.45, 2.75) is 19.6 Å². The summed E-state index contributed by atoms with van der Waals surface area (Å²) in [5, 5.41) is 11.6. The van der Waals surface area contributed by atoms with Gasteiger partial charge in [-0.3, -0.25) is 14.5 Å². The van der Waals surface area contributed by atoms with Crippen LogP contribution in [-0.4, -0.2) is 48.1 Å². The summed E-state index contributed by atoms with van der Waals surface area (Å²) in [6.45, 7) is 2.71. The number of rotatable bonds is 7. The first-order valence-corrected chi connectivity index (χ1v) is 14.2. The maximum absolute atomic E-state index is 13.6. The van der Waals surface area contributed by atoms with Gasteiger partial charge in [-0.1, -0.05) is 53.8 Å². The normalized spacial score (nSPS) is 17.2. The molecule has 1 amide bonds. The molecule has 3 heterocycles. The molecule has 3 aromatic carbocycles. The predicted molar refractivity (Wildman–Crippen MR) is 158 cm³/mol. The lowest BCUT2D eigenvalue weighted by Gasteiger charge is -2.23. The smallest absolute Gasteiger partial charge is 0.350 e. The summed E-state index contributed by atoms with van der Waals surface area (Å²) in [4.78, 5) is 45.3. The summed E-state index contributed by atoms with van der Waals surface area (Å²) in [7, 11) is 1.25. The number of hydrogen-bond acceptors (Lipinski definition) is 10. The summed E-state index contributed by atoms with van der Waals surface area (Å²) >= 11 is 0.932. The van der Waals surface area contributed by atoms with Gasteiger partial charge in [-0.2, -0.15) is 0 Å². The molecule has 0 bridgehead atoms. The van der Waals surface area contributed by atoms with Crippen molar-refractivity contribution in [2.24, 2.45) is 0 Å². The molecule has 2 aliphatic heterocycles. The molecule has 1 aromatic heterocycles. The summed E-state index contributed by atoms with van der Waals surface area (Å²) in [6.07, 6.45) is 0. The molecule has 218 valence electrons. The minimum absolute atomic E-state index is 0.121. The Balaban J connectivity index is 1.42. The Kier molecular flexibility index (Phi) is 7.56. The Labute approximate surface area is 250 Å². The molecule has 10 nitrogen and oxygen atoms in total. The number of carbonyl (C=O) groups excluding carboxylic acids is 3. The number of amides is 1. The van der Waals surface area contributed by atoms with Crippen LogP contribution in [0.2, 0.25) is 0 Å². The fraction of sp³-hybridized carbons (Fsp3) is 0.188. The molecule has 0 saturated carbocycles. The number of ketones is 1. The Morgan fingerprint density at radius 1 is 1.02 bits per heavy atom. The minimum atomic E-state index is -1.05. The zero-order chi connectivity index (χ0) is 30.1. The van der Waals surface area contributed by atoms with E-state index in [1.54, 1.807) is 49.4 Å². The number of aryl methyl sites for hydroxylation is 1. The van der Waals surface area contributed by atoms with Crippen molar-refractivity contribution >= 4 is 39.9 Å². The van der Waals surface area contributed by atoms with Crippen molar-refractivity contribution in [3.8, 4) is 17.2 Å². The van der Waals surface area contributed by atoms with Gasteiger partial charge in [0.2, 0.25) is 0 Å². The second kappa shape index (κ2) is 11.6. The van der Waals surface area contributed by atoms with E-state index in [1.807, 2.05) is 30.3 Å². The first-order valence-electron chi connectivity index (χ1n) is 13.4. The van der Waals surface area contributed by atoms with E-state index in [1.165, 1.54) is 12.0 Å². The molecule has 1 saturated heterocycles. The fourth-order valence-electron chi connectivity index (χ4n) is 4.95. The van der Waals surface area contributed by atoms with Crippen molar-refractivity contribution in [1.82, 2.24) is 4.98 Å². The average molecular weight is 599 g/mol. The highest BCUT2D eigenvalue weighted by molar-refractivity contribution is 7.17. The van der Waals surface area contributed by atoms with Gasteiger partial charge >= 0.3 is 11.9 Å². The van der Waals surface area contributed by atoms with E-state index >= 15 is 0 Å². The third-order valence-corrected chi connectivity index (χ3v) is 8.20. The average Bonchev–Trinajstić information content (AvgIpc) is 3.55. The molecule has 1 N–H and O–H groups in total. The Morgan fingerprint density at radius 2 is 1.74 bits per heavy atom. The number of ether oxygens (including phenoxy) is 4. The number of fused-ring (bicyclic) bond motifs is 1. The summed E-state index contributed by atoms with van der Waals surface area (Å²) in [5.41, 5.74) is 2.02. The van der Waals surface area contributed by atoms with Gasteiger partial charge in [-0.15, -0.1) is 0 Å². The number of hydrogen-bond donors (Lipinski definition) is 1. The van der Waals surface area contributed by atoms with Crippen molar-refractivity contribution in [3.05, 3.63) is 106 Å². The number of methoxy groups -OCH3 is 1. The molecular formula is C32H26N2O8S. The Hall–Kier alpha value is -5.16. The number of aromatic nitrogens is 1. The summed E-state index contributed by atoms with van der Waals surface area (Å²) in [6, 6.07) is 20.4. The third kappa shape index (κ3) is 5.30. The summed E-state index contributed by atoms with van der Waals surface area (Å²) < 4.78 is 22.0. The highest BCUT2D eigenvalue weighted by Gasteiger charge is 2.48. The van der Waals surface area contributed by atoms with Crippen LogP contribution >= 0.6 is 11.3 Å². The predicted octanol–water partition coefficient (Wildman–Crippen LogP) is 5.21. The van der Waals surface area contributed by atoms with E-state index in [0.717, 1.165) is 16.9 Å². The lowest BCUT2D eigenvalue weighted by Crippen LogP contribution is -2.29. The van der Waals surface area contributed by atoms with Gasteiger partial charge in [-0.05, 0) is 48.4 Å². The monoisotopic (exact) mass is 598 g/mol. The van der Waals surface area contributed by atoms with Crippen molar-refractivity contribution in [2.75, 3.05) is 25.2 Å². The molecule has 2 aliphatic rings. The van der Waals surface area contributed by atoms with Crippen LogP contribution in [0, 0.1) is 6.92 Å². The number of aliphatic hydroxyl groups excluding tert-OH is 1. The van der Waals surface area contributed by atoms with Crippen molar-refractivity contribution in [3.63, 3.8) is 0 Å². The SMILES string of the molecule is COC(=O)c1sc(N2C(=O)C(=O)C(=C(O)c3ccc4c(c3)OCCO4)C2c2ccc(OCc3ccccc3)cc2)nc1C. The number of benzene rings is 3. The van der Waals surface area contributed by atoms with Crippen LogP contribution in [0.25, 0.3) is 5.76 Å². The lowest BCUT2D eigenvalue weighted by atomic mass is 9.95. The van der Waals surface area contributed by atoms with Crippen LogP contribution in [0.15, 0.2) is 78.4 Å². The van der Waals surface area contributed by atoms with Crippen molar-refractivity contribution < 1.29 is 38.4 Å². The van der Waals surface area contributed by atoms with Crippen LogP contribution in [0.5, 0.6) is 17.2 Å². The molecule has 1 unspecified atom stereocenters. The van der Waals surface area contributed by atoms with E-state index in [-0.39, 0.29) is 26.9 Å². The Morgan fingerprint density at radius 3 is 2.47 bits per heavy atom. The number of thiazole rings is 1. The van der Waals surface area contributed by atoms with Gasteiger partial charge in [0.25, 0.3) is 5.78 Å². The molecule has 43 heavy (non-hydrogen) atoms. The van der Waals surface area contributed by atoms with E-state index in [4.69, 9.17) is 18.9 Å². The molecule has 4 aromatic rings. The van der Waals surface area contributed by atoms with Crippen LogP contribution in [0.4, 0.5) is 5.13 Å². The molecule has 11 heteroatoms. The van der Waals surface area contributed by atoms with Crippen LogP contribution in [0.3, 0.4) is 0 Å². The second-order valence-corrected chi connectivity index (χ2v) is 10.8. The second-order valence-electron chi connectivity index (χ2n) is 9.77. The molecule has 0 radical (unpaired) electrons. The van der Waals surface area contributed by atoms with Crippen LogP contribution < -0.4 is 19.1 Å². The third-order valence-electron chi connectivity index (χ3n) is 7.07. The maximum atomic E-state index is 13.6. The maximum Gasteiger partial charge on any atom is 0.350 e. The lowest BCUT2D eigenvalue weighted by molar-refractivity contribution is -0.132. The van der Waals surface area contributed by atoms with Gasteiger partial charge in [0.1, 0.15) is 36.2 Å². The molecule has 6 rings (SSSR count). The van der Waals surface area contributed by atoms with Crippen LogP contribution in [-0.2, 0) is 20.9 Å². The highest BCUT2D eigenvalue weighted by Crippen LogP contribution is 2.45. The Bertz CT molecular complexity index is 1750. The topological polar surface area (TPSA) is 124 Å². The number of esters is 1. The number of nitrogens with zero attached hydrogens (tertiary/aromatic N) is 2. The molecule has 1 atom stereocenters. The molecule has 1 fully saturated rings. The minimum Gasteiger partial charge on any atom is -0.507 e. The number of carbonyl (C=O) groups is 3. The van der Waals surface area contributed by atoms with E-state index in [9.17, 15) is 19.5 Å². The van der Waals surface area contributed by atoms with Gasteiger partial charge < -0.3 is 24.1 Å². The fourth-order valence-corrected chi connectivity index (χ4v) is 5.96. The standard InChI is InChI=1S/C32H26N2O8S/c1-18-29(31(38)39-2)43-32(33-18)34-26(20-8-11-22(12-9-20)42-17-19-6-4-3-5-7-19)25(28(36)30(34)37)27(35)21-10-13-23-24(16-21)41-15-14-40-23/h3-13,16,26,35H,14-15,17H2,1-2H3. The van der Waals surface area contributed by atoms with E-state index in [2.05, 4.69) is 4.98 Å². The highest BCUT2D eigenvalue weighted by atomic mass is 32.1.